The number of rotatable bonds is 4. The molecule has 0 aliphatic carbocycles. The van der Waals surface area contributed by atoms with Crippen molar-refractivity contribution in [2.24, 2.45) is 5.92 Å². The summed E-state index contributed by atoms with van der Waals surface area (Å²) in [6, 6.07) is 2.97. The second kappa shape index (κ2) is 6.44. The van der Waals surface area contributed by atoms with Crippen molar-refractivity contribution in [1.82, 2.24) is 4.31 Å². The Hall–Kier alpha value is -1.31. The molecule has 1 saturated heterocycles. The molecule has 0 saturated carbocycles. The van der Waals surface area contributed by atoms with Crippen molar-refractivity contribution in [2.45, 2.75) is 24.7 Å². The lowest BCUT2D eigenvalue weighted by molar-refractivity contribution is -0.142. The van der Waals surface area contributed by atoms with Crippen LogP contribution < -0.4 is 4.74 Å². The van der Waals surface area contributed by atoms with Crippen LogP contribution in [0.15, 0.2) is 17.0 Å². The molecule has 1 aromatic rings. The van der Waals surface area contributed by atoms with E-state index in [1.807, 2.05) is 0 Å². The Balaban J connectivity index is 2.32. The SMILES string of the molecule is COc1cc(C)c(Cl)cc1S(=O)(=O)N1CCC(C(=O)O)CC1. The number of halogens is 1. The van der Waals surface area contributed by atoms with Gasteiger partial charge in [0.1, 0.15) is 10.6 Å². The minimum atomic E-state index is -3.76. The van der Waals surface area contributed by atoms with Gasteiger partial charge in [-0.25, -0.2) is 8.42 Å². The van der Waals surface area contributed by atoms with E-state index in [4.69, 9.17) is 21.4 Å². The molecule has 1 N–H and O–H groups in total. The molecule has 1 aliphatic heterocycles. The first-order valence-corrected chi connectivity index (χ1v) is 8.66. The first-order chi connectivity index (χ1) is 10.3. The summed E-state index contributed by atoms with van der Waals surface area (Å²) in [5.41, 5.74) is 0.724. The maximum Gasteiger partial charge on any atom is 0.306 e. The number of hydrogen-bond donors (Lipinski definition) is 1. The average molecular weight is 348 g/mol. The van der Waals surface area contributed by atoms with Crippen LogP contribution in [-0.4, -0.2) is 44.0 Å². The fourth-order valence-corrected chi connectivity index (χ4v) is 4.34. The van der Waals surface area contributed by atoms with Gasteiger partial charge in [-0.2, -0.15) is 4.31 Å². The van der Waals surface area contributed by atoms with Crippen molar-refractivity contribution in [3.05, 3.63) is 22.7 Å². The molecule has 0 amide bonds. The molecule has 0 aromatic heterocycles. The zero-order valence-electron chi connectivity index (χ0n) is 12.4. The monoisotopic (exact) mass is 347 g/mol. The molecule has 0 atom stereocenters. The van der Waals surface area contributed by atoms with E-state index in [0.717, 1.165) is 5.56 Å². The molecule has 1 aliphatic rings. The Kier molecular flexibility index (Phi) is 4.99. The molecule has 0 unspecified atom stereocenters. The molecule has 22 heavy (non-hydrogen) atoms. The lowest BCUT2D eigenvalue weighted by Crippen LogP contribution is -2.40. The summed E-state index contributed by atoms with van der Waals surface area (Å²) in [7, 11) is -2.36. The Morgan fingerprint density at radius 2 is 1.95 bits per heavy atom. The summed E-state index contributed by atoms with van der Waals surface area (Å²) in [6.45, 7) is 2.11. The van der Waals surface area contributed by atoms with Crippen LogP contribution in [-0.2, 0) is 14.8 Å². The number of methoxy groups -OCH3 is 1. The number of carboxylic acids is 1. The normalized spacial score (nSPS) is 17.4. The predicted octanol–water partition coefficient (Wildman–Crippen LogP) is 2.14. The second-order valence-electron chi connectivity index (χ2n) is 5.27. The van der Waals surface area contributed by atoms with Gasteiger partial charge in [0.2, 0.25) is 10.0 Å². The van der Waals surface area contributed by atoms with Gasteiger partial charge >= 0.3 is 5.97 Å². The van der Waals surface area contributed by atoms with Crippen molar-refractivity contribution >= 4 is 27.6 Å². The third-order valence-corrected chi connectivity index (χ3v) is 6.19. The molecule has 8 heteroatoms. The number of hydrogen-bond acceptors (Lipinski definition) is 4. The number of sulfonamides is 1. The number of ether oxygens (including phenoxy) is 1. The largest absolute Gasteiger partial charge is 0.495 e. The van der Waals surface area contributed by atoms with Gasteiger partial charge < -0.3 is 9.84 Å². The van der Waals surface area contributed by atoms with Crippen LogP contribution in [0.2, 0.25) is 5.02 Å². The van der Waals surface area contributed by atoms with E-state index in [9.17, 15) is 13.2 Å². The number of carboxylic acid groups (broad SMARTS) is 1. The number of piperidine rings is 1. The summed E-state index contributed by atoms with van der Waals surface area (Å²) in [5, 5.41) is 9.34. The Bertz CT molecular complexity index is 681. The number of carbonyl (C=O) groups is 1. The predicted molar refractivity (Wildman–Crippen MR) is 81.9 cm³/mol. The summed E-state index contributed by atoms with van der Waals surface area (Å²) in [4.78, 5) is 11.0. The molecule has 0 radical (unpaired) electrons. The van der Waals surface area contributed by atoms with Crippen LogP contribution in [0.4, 0.5) is 0 Å². The van der Waals surface area contributed by atoms with E-state index < -0.39 is 21.9 Å². The van der Waals surface area contributed by atoms with Crippen LogP contribution in [0.5, 0.6) is 5.75 Å². The molecule has 1 heterocycles. The maximum absolute atomic E-state index is 12.7. The van der Waals surface area contributed by atoms with Crippen molar-refractivity contribution in [2.75, 3.05) is 20.2 Å². The van der Waals surface area contributed by atoms with Crippen LogP contribution >= 0.6 is 11.6 Å². The topological polar surface area (TPSA) is 83.9 Å². The van der Waals surface area contributed by atoms with Gasteiger partial charge in [-0.1, -0.05) is 11.6 Å². The molecule has 0 spiro atoms. The highest BCUT2D eigenvalue weighted by Crippen LogP contribution is 2.33. The maximum atomic E-state index is 12.7. The fourth-order valence-electron chi connectivity index (χ4n) is 2.48. The summed E-state index contributed by atoms with van der Waals surface area (Å²) in [5.74, 6) is -1.13. The van der Waals surface area contributed by atoms with Crippen LogP contribution in [0.3, 0.4) is 0 Å². The zero-order valence-corrected chi connectivity index (χ0v) is 13.9. The highest BCUT2D eigenvalue weighted by Gasteiger charge is 2.33. The average Bonchev–Trinajstić information content (AvgIpc) is 2.49. The summed E-state index contributed by atoms with van der Waals surface area (Å²) < 4.78 is 31.9. The van der Waals surface area contributed by atoms with Crippen molar-refractivity contribution < 1.29 is 23.1 Å². The lowest BCUT2D eigenvalue weighted by atomic mass is 9.99. The Morgan fingerprint density at radius 1 is 1.36 bits per heavy atom. The molecule has 1 aromatic carbocycles. The second-order valence-corrected chi connectivity index (χ2v) is 7.58. The number of nitrogens with zero attached hydrogens (tertiary/aromatic N) is 1. The van der Waals surface area contributed by atoms with E-state index >= 15 is 0 Å². The van der Waals surface area contributed by atoms with Gasteiger partial charge in [0.15, 0.2) is 0 Å². The van der Waals surface area contributed by atoms with Crippen LogP contribution in [0.1, 0.15) is 18.4 Å². The molecule has 2 rings (SSSR count). The first kappa shape index (κ1) is 17.1. The highest BCUT2D eigenvalue weighted by molar-refractivity contribution is 7.89. The first-order valence-electron chi connectivity index (χ1n) is 6.84. The quantitative estimate of drug-likeness (QED) is 0.902. The van der Waals surface area contributed by atoms with Crippen molar-refractivity contribution in [3.8, 4) is 5.75 Å². The van der Waals surface area contributed by atoms with Gasteiger partial charge in [0.05, 0.1) is 13.0 Å². The number of aryl methyl sites for hydroxylation is 1. The van der Waals surface area contributed by atoms with Crippen LogP contribution in [0, 0.1) is 12.8 Å². The van der Waals surface area contributed by atoms with Crippen molar-refractivity contribution in [1.29, 1.82) is 0 Å². The lowest BCUT2D eigenvalue weighted by Gasteiger charge is -2.29. The van der Waals surface area contributed by atoms with E-state index in [2.05, 4.69) is 0 Å². The van der Waals surface area contributed by atoms with E-state index in [1.54, 1.807) is 13.0 Å². The van der Waals surface area contributed by atoms with E-state index in [0.29, 0.717) is 17.9 Å². The zero-order chi connectivity index (χ0) is 16.5. The fraction of sp³-hybridized carbons (Fsp3) is 0.500. The molecular weight excluding hydrogens is 330 g/mol. The highest BCUT2D eigenvalue weighted by atomic mass is 35.5. The molecule has 0 bridgehead atoms. The van der Waals surface area contributed by atoms with Gasteiger partial charge in [0, 0.05) is 18.1 Å². The third-order valence-electron chi connectivity index (χ3n) is 3.87. The summed E-state index contributed by atoms with van der Waals surface area (Å²) >= 11 is 6.04. The van der Waals surface area contributed by atoms with Gasteiger partial charge in [-0.15, -0.1) is 0 Å². The standard InChI is InChI=1S/C14H18ClNO5S/c1-9-7-12(21-2)13(8-11(9)15)22(19,20)16-5-3-10(4-6-16)14(17)18/h7-8,10H,3-6H2,1-2H3,(H,17,18). The molecule has 122 valence electrons. The minimum absolute atomic E-state index is 0.0133. The molecular formula is C14H18ClNO5S. The summed E-state index contributed by atoms with van der Waals surface area (Å²) in [6.07, 6.45) is 0.604. The van der Waals surface area contributed by atoms with Gasteiger partial charge in [0.25, 0.3) is 0 Å². The third kappa shape index (κ3) is 3.21. The number of aliphatic carboxylic acids is 1. The Morgan fingerprint density at radius 3 is 2.45 bits per heavy atom. The van der Waals surface area contributed by atoms with E-state index in [1.165, 1.54) is 17.5 Å². The van der Waals surface area contributed by atoms with Gasteiger partial charge in [-0.05, 0) is 37.5 Å². The number of benzene rings is 1. The molecule has 1 fully saturated rings. The smallest absolute Gasteiger partial charge is 0.306 e. The van der Waals surface area contributed by atoms with E-state index in [-0.39, 0.29) is 23.7 Å². The van der Waals surface area contributed by atoms with Crippen LogP contribution in [0.25, 0.3) is 0 Å². The minimum Gasteiger partial charge on any atom is -0.495 e. The van der Waals surface area contributed by atoms with Crippen molar-refractivity contribution in [3.63, 3.8) is 0 Å². The molecule has 6 nitrogen and oxygen atoms in total. The Labute approximate surface area is 134 Å². The van der Waals surface area contributed by atoms with Gasteiger partial charge in [-0.3, -0.25) is 4.79 Å².